The number of ketones is 1. The fourth-order valence-corrected chi connectivity index (χ4v) is 8.67. The first-order valence-corrected chi connectivity index (χ1v) is 11.8. The molecule has 1 saturated heterocycles. The average molecular weight is 385 g/mol. The van der Waals surface area contributed by atoms with Gasteiger partial charge in [-0.25, -0.2) is 0 Å². The van der Waals surface area contributed by atoms with E-state index in [2.05, 4.69) is 20.8 Å². The maximum absolute atomic E-state index is 12.2. The van der Waals surface area contributed by atoms with Gasteiger partial charge in [0, 0.05) is 18.3 Å². The Labute approximate surface area is 169 Å². The molecule has 4 fully saturated rings. The highest BCUT2D eigenvalue weighted by Gasteiger charge is 2.68. The maximum atomic E-state index is 12.2. The van der Waals surface area contributed by atoms with Crippen LogP contribution in [0.2, 0.25) is 0 Å². The predicted octanol–water partition coefficient (Wildman–Crippen LogP) is 5.62. The second kappa shape index (κ2) is 6.19. The molecule has 0 amide bonds. The molecule has 1 heterocycles. The zero-order chi connectivity index (χ0) is 19.7. The number of rotatable bonds is 2. The summed E-state index contributed by atoms with van der Waals surface area (Å²) in [5, 5.41) is 0. The summed E-state index contributed by atoms with van der Waals surface area (Å²) >= 11 is 0. The summed E-state index contributed by atoms with van der Waals surface area (Å²) in [4.78, 5) is 24.3. The Kier molecular flexibility index (Phi) is 4.17. The first-order chi connectivity index (χ1) is 13.3. The number of hydrogen-bond acceptors (Lipinski definition) is 3. The minimum absolute atomic E-state index is 0.0284. The molecular weight excluding hydrogens is 348 g/mol. The quantitative estimate of drug-likeness (QED) is 0.580. The van der Waals surface area contributed by atoms with Crippen molar-refractivity contribution in [3.05, 3.63) is 11.6 Å². The Hall–Kier alpha value is -1.12. The van der Waals surface area contributed by atoms with Gasteiger partial charge in [-0.1, -0.05) is 39.2 Å². The Morgan fingerprint density at radius 2 is 1.82 bits per heavy atom. The van der Waals surface area contributed by atoms with E-state index >= 15 is 0 Å². The molecule has 0 N–H and O–H groups in total. The second-order valence-corrected chi connectivity index (χ2v) is 11.1. The summed E-state index contributed by atoms with van der Waals surface area (Å²) in [6, 6.07) is 0. The van der Waals surface area contributed by atoms with E-state index in [1.54, 1.807) is 0 Å². The first kappa shape index (κ1) is 18.9. The van der Waals surface area contributed by atoms with E-state index in [-0.39, 0.29) is 22.4 Å². The van der Waals surface area contributed by atoms with Crippen molar-refractivity contribution in [2.24, 2.45) is 34.5 Å². The van der Waals surface area contributed by atoms with Crippen LogP contribution >= 0.6 is 0 Å². The SMILES string of the molecule is CCCC1CC2=CC(=O)CCC2(C)C2CCC3(C)C(CC[C@@]34CCC(=O)O4)C12. The predicted molar refractivity (Wildman–Crippen MR) is 109 cm³/mol. The lowest BCUT2D eigenvalue weighted by molar-refractivity contribution is -0.171. The summed E-state index contributed by atoms with van der Waals surface area (Å²) < 4.78 is 6.11. The van der Waals surface area contributed by atoms with E-state index in [0.717, 1.165) is 38.0 Å². The first-order valence-electron chi connectivity index (χ1n) is 11.8. The molecule has 3 saturated carbocycles. The van der Waals surface area contributed by atoms with Crippen molar-refractivity contribution in [3.8, 4) is 0 Å². The monoisotopic (exact) mass is 384 g/mol. The van der Waals surface area contributed by atoms with Gasteiger partial charge >= 0.3 is 5.97 Å². The van der Waals surface area contributed by atoms with Gasteiger partial charge in [-0.05, 0) is 80.1 Å². The highest BCUT2D eigenvalue weighted by atomic mass is 16.6. The molecular formula is C25H36O3. The Morgan fingerprint density at radius 1 is 1.04 bits per heavy atom. The lowest BCUT2D eigenvalue weighted by Crippen LogP contribution is -2.57. The molecule has 3 heteroatoms. The zero-order valence-corrected chi connectivity index (χ0v) is 17.9. The van der Waals surface area contributed by atoms with Gasteiger partial charge in [0.25, 0.3) is 0 Å². The number of carbonyl (C=O) groups excluding carboxylic acids is 2. The fourth-order valence-electron chi connectivity index (χ4n) is 8.67. The van der Waals surface area contributed by atoms with Gasteiger partial charge in [-0.3, -0.25) is 9.59 Å². The second-order valence-electron chi connectivity index (χ2n) is 11.1. The van der Waals surface area contributed by atoms with Crippen LogP contribution in [0.25, 0.3) is 0 Å². The summed E-state index contributed by atoms with van der Waals surface area (Å²) in [7, 11) is 0. The number of carbonyl (C=O) groups is 2. The van der Waals surface area contributed by atoms with Crippen LogP contribution in [0.3, 0.4) is 0 Å². The lowest BCUT2D eigenvalue weighted by atomic mass is 9.43. The summed E-state index contributed by atoms with van der Waals surface area (Å²) in [5.41, 5.74) is 1.64. The molecule has 1 aliphatic heterocycles. The van der Waals surface area contributed by atoms with Crippen molar-refractivity contribution in [2.75, 3.05) is 0 Å². The van der Waals surface area contributed by atoms with Gasteiger partial charge in [0.15, 0.2) is 5.78 Å². The van der Waals surface area contributed by atoms with Crippen LogP contribution in [0, 0.1) is 34.5 Å². The molecule has 0 aromatic rings. The van der Waals surface area contributed by atoms with Crippen LogP contribution < -0.4 is 0 Å². The summed E-state index contributed by atoms with van der Waals surface area (Å²) in [6.07, 6.45) is 13.7. The largest absolute Gasteiger partial charge is 0.458 e. The van der Waals surface area contributed by atoms with Crippen LogP contribution in [0.1, 0.15) is 91.4 Å². The third-order valence-corrected chi connectivity index (χ3v) is 10.1. The molecule has 5 aliphatic rings. The number of allylic oxidation sites excluding steroid dienone is 1. The van der Waals surface area contributed by atoms with Crippen molar-refractivity contribution in [1.29, 1.82) is 0 Å². The van der Waals surface area contributed by atoms with Crippen LogP contribution in [0.15, 0.2) is 11.6 Å². The van der Waals surface area contributed by atoms with E-state index in [4.69, 9.17) is 4.74 Å². The van der Waals surface area contributed by atoms with Gasteiger partial charge in [-0.2, -0.15) is 0 Å². The van der Waals surface area contributed by atoms with E-state index in [1.165, 1.54) is 37.7 Å². The van der Waals surface area contributed by atoms with E-state index < -0.39 is 0 Å². The third kappa shape index (κ3) is 2.34. The highest BCUT2D eigenvalue weighted by molar-refractivity contribution is 5.91. The van der Waals surface area contributed by atoms with Crippen molar-refractivity contribution in [2.45, 2.75) is 97.0 Å². The number of hydrogen-bond donors (Lipinski definition) is 0. The molecule has 0 aromatic carbocycles. The normalized spacial score (nSPS) is 50.0. The highest BCUT2D eigenvalue weighted by Crippen LogP contribution is 2.71. The van der Waals surface area contributed by atoms with Crippen LogP contribution in [0.5, 0.6) is 0 Å². The topological polar surface area (TPSA) is 43.4 Å². The molecule has 0 aromatic heterocycles. The van der Waals surface area contributed by atoms with Crippen LogP contribution in [-0.4, -0.2) is 17.4 Å². The minimum Gasteiger partial charge on any atom is -0.458 e. The molecule has 5 rings (SSSR count). The van der Waals surface area contributed by atoms with Gasteiger partial charge < -0.3 is 4.74 Å². The van der Waals surface area contributed by atoms with Crippen LogP contribution in [0.4, 0.5) is 0 Å². The van der Waals surface area contributed by atoms with Gasteiger partial charge in [0.05, 0.1) is 0 Å². The van der Waals surface area contributed by atoms with E-state index in [0.29, 0.717) is 30.0 Å². The zero-order valence-electron chi connectivity index (χ0n) is 17.9. The molecule has 0 bridgehead atoms. The van der Waals surface area contributed by atoms with E-state index in [9.17, 15) is 9.59 Å². The van der Waals surface area contributed by atoms with Crippen molar-refractivity contribution in [3.63, 3.8) is 0 Å². The standard InChI is InChI=1S/C25H36O3/c1-4-5-16-14-17-15-18(26)6-10-23(17,2)19-7-11-24(3)20(22(16)19)8-12-25(24)13-9-21(27)28-25/h15-16,19-20,22H,4-14H2,1-3H3/t16?,19?,20?,22?,23?,24?,25-/m1/s1. The van der Waals surface area contributed by atoms with Gasteiger partial charge in [0.1, 0.15) is 5.60 Å². The van der Waals surface area contributed by atoms with E-state index in [1.807, 2.05) is 6.08 Å². The van der Waals surface area contributed by atoms with Crippen molar-refractivity contribution in [1.82, 2.24) is 0 Å². The molecule has 1 spiro atoms. The minimum atomic E-state index is -0.184. The molecule has 4 aliphatic carbocycles. The molecule has 0 radical (unpaired) electrons. The molecule has 154 valence electrons. The molecule has 6 unspecified atom stereocenters. The van der Waals surface area contributed by atoms with Gasteiger partial charge in [0.2, 0.25) is 0 Å². The lowest BCUT2D eigenvalue weighted by Gasteiger charge is -2.61. The average Bonchev–Trinajstić information content (AvgIpc) is 3.18. The van der Waals surface area contributed by atoms with Crippen molar-refractivity contribution >= 4 is 11.8 Å². The number of ether oxygens (including phenoxy) is 1. The van der Waals surface area contributed by atoms with Crippen molar-refractivity contribution < 1.29 is 14.3 Å². The third-order valence-electron chi connectivity index (χ3n) is 10.1. The van der Waals surface area contributed by atoms with Gasteiger partial charge in [-0.15, -0.1) is 0 Å². The fraction of sp³-hybridized carbons (Fsp3) is 0.840. The summed E-state index contributed by atoms with van der Waals surface area (Å²) in [5.74, 6) is 3.16. The maximum Gasteiger partial charge on any atom is 0.306 e. The molecule has 3 nitrogen and oxygen atoms in total. The summed E-state index contributed by atoms with van der Waals surface area (Å²) in [6.45, 7) is 7.23. The smallest absolute Gasteiger partial charge is 0.306 e. The Morgan fingerprint density at radius 3 is 2.54 bits per heavy atom. The number of fused-ring (bicyclic) bond motifs is 6. The Balaban J connectivity index is 1.54. The molecule has 7 atom stereocenters. The molecule has 28 heavy (non-hydrogen) atoms. The Bertz CT molecular complexity index is 738. The van der Waals surface area contributed by atoms with Crippen LogP contribution in [-0.2, 0) is 14.3 Å². The number of esters is 1.